The second kappa shape index (κ2) is 11.4. The molecule has 190 valence electrons. The van der Waals surface area contributed by atoms with Crippen molar-refractivity contribution in [2.45, 2.75) is 0 Å². The highest BCUT2D eigenvalue weighted by atomic mass is 16.5. The first-order chi connectivity index (χ1) is 18.0. The summed E-state index contributed by atoms with van der Waals surface area (Å²) in [6.07, 6.45) is 8.94. The molecule has 0 spiro atoms. The fourth-order valence-electron chi connectivity index (χ4n) is 4.17. The number of fused-ring (bicyclic) bond motifs is 1. The Bertz CT molecular complexity index is 1460. The third-order valence-electron chi connectivity index (χ3n) is 6.01. The zero-order valence-corrected chi connectivity index (χ0v) is 21.6. The number of rotatable bonds is 10. The number of anilines is 1. The van der Waals surface area contributed by atoms with E-state index in [4.69, 9.17) is 18.9 Å². The zero-order valence-electron chi connectivity index (χ0n) is 21.6. The molecule has 0 aliphatic heterocycles. The van der Waals surface area contributed by atoms with Crippen molar-refractivity contribution in [2.75, 3.05) is 33.8 Å². The summed E-state index contributed by atoms with van der Waals surface area (Å²) in [7, 11) is 8.29. The Morgan fingerprint density at radius 2 is 1.49 bits per heavy atom. The summed E-state index contributed by atoms with van der Waals surface area (Å²) in [6.45, 7) is 0. The Labute approximate surface area is 216 Å². The maximum absolute atomic E-state index is 12.9. The number of carbonyl (C=O) groups excluding carboxylic acids is 1. The molecule has 0 saturated carbocycles. The summed E-state index contributed by atoms with van der Waals surface area (Å²) in [5, 5.41) is 4.11. The Hall–Kier alpha value is -4.65. The number of nitrogens with one attached hydrogen (secondary N) is 1. The van der Waals surface area contributed by atoms with Gasteiger partial charge in [0.15, 0.2) is 17.3 Å². The van der Waals surface area contributed by atoms with Crippen LogP contribution in [0.15, 0.2) is 73.1 Å². The minimum Gasteiger partial charge on any atom is -0.495 e. The lowest BCUT2D eigenvalue weighted by atomic mass is 10.1. The van der Waals surface area contributed by atoms with Gasteiger partial charge in [-0.15, -0.1) is 0 Å². The van der Waals surface area contributed by atoms with Crippen LogP contribution in [0.5, 0.6) is 23.0 Å². The summed E-state index contributed by atoms with van der Waals surface area (Å²) < 4.78 is 23.7. The number of methoxy groups -OCH3 is 4. The molecule has 0 radical (unpaired) electrons. The second-order valence-electron chi connectivity index (χ2n) is 8.26. The fraction of sp³-hybridized carbons (Fsp3) is 0.167. The van der Waals surface area contributed by atoms with Gasteiger partial charge in [0.2, 0.25) is 5.75 Å². The largest absolute Gasteiger partial charge is 0.495 e. The molecule has 37 heavy (non-hydrogen) atoms. The lowest BCUT2D eigenvalue weighted by Gasteiger charge is -2.13. The standard InChI is InChI=1S/C30H30N2O5/c1-32-19-23(22-8-6-7-9-25(22)32)26(33)14-15-31-24-16-20(12-13-27(24)34-2)10-11-21-17-28(35-3)30(37-5)29(18-21)36-4/h6-19,31H,1-5H3/b11-10?,15-14-. The van der Waals surface area contributed by atoms with Gasteiger partial charge in [-0.05, 0) is 41.5 Å². The van der Waals surface area contributed by atoms with E-state index < -0.39 is 0 Å². The topological polar surface area (TPSA) is 71.0 Å². The van der Waals surface area contributed by atoms with E-state index in [0.717, 1.165) is 27.7 Å². The zero-order chi connectivity index (χ0) is 26.4. The van der Waals surface area contributed by atoms with Crippen molar-refractivity contribution in [3.05, 3.63) is 89.8 Å². The molecule has 0 unspecified atom stereocenters. The van der Waals surface area contributed by atoms with Crippen LogP contribution in [0.2, 0.25) is 0 Å². The number of para-hydroxylation sites is 1. The van der Waals surface area contributed by atoms with E-state index in [9.17, 15) is 4.79 Å². The van der Waals surface area contributed by atoms with Crippen LogP contribution >= 0.6 is 0 Å². The van der Waals surface area contributed by atoms with Crippen molar-refractivity contribution in [1.29, 1.82) is 0 Å². The molecule has 1 N–H and O–H groups in total. The number of allylic oxidation sites excluding steroid dienone is 1. The van der Waals surface area contributed by atoms with Gasteiger partial charge >= 0.3 is 0 Å². The molecule has 0 aliphatic carbocycles. The van der Waals surface area contributed by atoms with Crippen LogP contribution in [-0.4, -0.2) is 38.8 Å². The van der Waals surface area contributed by atoms with Crippen LogP contribution in [0.1, 0.15) is 21.5 Å². The van der Waals surface area contributed by atoms with Crippen LogP contribution in [0.25, 0.3) is 23.1 Å². The van der Waals surface area contributed by atoms with E-state index in [1.165, 1.54) is 6.08 Å². The fourth-order valence-corrected chi connectivity index (χ4v) is 4.17. The van der Waals surface area contributed by atoms with E-state index in [2.05, 4.69) is 5.32 Å². The normalized spacial score (nSPS) is 11.3. The summed E-state index contributed by atoms with van der Waals surface area (Å²) >= 11 is 0. The van der Waals surface area contributed by atoms with Gasteiger partial charge < -0.3 is 28.8 Å². The maximum atomic E-state index is 12.9. The molecule has 0 atom stereocenters. The predicted octanol–water partition coefficient (Wildman–Crippen LogP) is 6.19. The summed E-state index contributed by atoms with van der Waals surface area (Å²) in [5.74, 6) is 2.29. The number of hydrogen-bond acceptors (Lipinski definition) is 6. The number of aryl methyl sites for hydroxylation is 1. The first-order valence-electron chi connectivity index (χ1n) is 11.7. The van der Waals surface area contributed by atoms with Gasteiger partial charge in [-0.3, -0.25) is 4.79 Å². The molecule has 0 saturated heterocycles. The summed E-state index contributed by atoms with van der Waals surface area (Å²) in [6, 6.07) is 17.4. The summed E-state index contributed by atoms with van der Waals surface area (Å²) in [5.41, 5.74) is 4.23. The van der Waals surface area contributed by atoms with Gasteiger partial charge in [-0.25, -0.2) is 0 Å². The highest BCUT2D eigenvalue weighted by Crippen LogP contribution is 2.38. The Kier molecular flexibility index (Phi) is 7.83. The van der Waals surface area contributed by atoms with Gasteiger partial charge in [0.25, 0.3) is 0 Å². The van der Waals surface area contributed by atoms with Gasteiger partial charge in [0, 0.05) is 42.0 Å². The molecule has 0 amide bonds. The van der Waals surface area contributed by atoms with Crippen molar-refractivity contribution in [1.82, 2.24) is 4.57 Å². The highest BCUT2D eigenvalue weighted by molar-refractivity contribution is 6.13. The van der Waals surface area contributed by atoms with Gasteiger partial charge in [-0.1, -0.05) is 36.4 Å². The maximum Gasteiger partial charge on any atom is 0.203 e. The van der Waals surface area contributed by atoms with Crippen LogP contribution in [0.3, 0.4) is 0 Å². The van der Waals surface area contributed by atoms with E-state index in [1.807, 2.05) is 84.6 Å². The van der Waals surface area contributed by atoms with E-state index in [1.54, 1.807) is 34.6 Å². The Balaban J connectivity index is 1.54. The number of ketones is 1. The van der Waals surface area contributed by atoms with Crippen molar-refractivity contribution in [2.24, 2.45) is 7.05 Å². The quantitative estimate of drug-likeness (QED) is 0.160. The molecule has 1 aromatic heterocycles. The van der Waals surface area contributed by atoms with E-state index in [-0.39, 0.29) is 5.78 Å². The lowest BCUT2D eigenvalue weighted by Crippen LogP contribution is -1.97. The van der Waals surface area contributed by atoms with E-state index >= 15 is 0 Å². The SMILES string of the molecule is COc1ccc(C=Cc2cc(OC)c(OC)c(OC)c2)cc1N/C=C\C(=O)c1cn(C)c2ccccc12. The molecule has 0 aliphatic rings. The number of benzene rings is 3. The average molecular weight is 499 g/mol. The predicted molar refractivity (Wildman–Crippen MR) is 148 cm³/mol. The molecule has 4 rings (SSSR count). The number of nitrogens with zero attached hydrogens (tertiary/aromatic N) is 1. The van der Waals surface area contributed by atoms with Gasteiger partial charge in [0.1, 0.15) is 5.75 Å². The molecular weight excluding hydrogens is 468 g/mol. The van der Waals surface area contributed by atoms with Crippen molar-refractivity contribution < 1.29 is 23.7 Å². The third-order valence-corrected chi connectivity index (χ3v) is 6.01. The average Bonchev–Trinajstić information content (AvgIpc) is 3.27. The van der Waals surface area contributed by atoms with Crippen molar-refractivity contribution in [3.63, 3.8) is 0 Å². The molecule has 7 heteroatoms. The van der Waals surface area contributed by atoms with Crippen LogP contribution in [-0.2, 0) is 7.05 Å². The Morgan fingerprint density at radius 1 is 0.811 bits per heavy atom. The molecule has 7 nitrogen and oxygen atoms in total. The number of aromatic nitrogens is 1. The smallest absolute Gasteiger partial charge is 0.203 e. The first-order valence-corrected chi connectivity index (χ1v) is 11.7. The minimum atomic E-state index is -0.0817. The molecule has 4 aromatic rings. The minimum absolute atomic E-state index is 0.0817. The van der Waals surface area contributed by atoms with Crippen LogP contribution < -0.4 is 24.3 Å². The molecule has 0 bridgehead atoms. The van der Waals surface area contributed by atoms with Gasteiger partial charge in [0.05, 0.1) is 34.1 Å². The first kappa shape index (κ1) is 25.4. The highest BCUT2D eigenvalue weighted by Gasteiger charge is 2.13. The Morgan fingerprint density at radius 3 is 2.16 bits per heavy atom. The van der Waals surface area contributed by atoms with E-state index in [0.29, 0.717) is 28.6 Å². The lowest BCUT2D eigenvalue weighted by molar-refractivity contribution is 0.104. The number of ether oxygens (including phenoxy) is 4. The number of hydrogen-bond donors (Lipinski definition) is 1. The van der Waals surface area contributed by atoms with Crippen LogP contribution in [0, 0.1) is 0 Å². The molecular formula is C30H30N2O5. The second-order valence-corrected chi connectivity index (χ2v) is 8.26. The third kappa shape index (κ3) is 5.46. The molecule has 0 fully saturated rings. The van der Waals surface area contributed by atoms with Gasteiger partial charge in [-0.2, -0.15) is 0 Å². The van der Waals surface area contributed by atoms with Crippen molar-refractivity contribution in [3.8, 4) is 23.0 Å². The molecule has 1 heterocycles. The monoisotopic (exact) mass is 498 g/mol. The van der Waals surface area contributed by atoms with Crippen LogP contribution in [0.4, 0.5) is 5.69 Å². The number of carbonyl (C=O) groups is 1. The van der Waals surface area contributed by atoms with Crippen molar-refractivity contribution >= 4 is 34.5 Å². The summed E-state index contributed by atoms with van der Waals surface area (Å²) in [4.78, 5) is 12.9. The molecule has 3 aromatic carbocycles.